The first-order chi connectivity index (χ1) is 15.6. The van der Waals surface area contributed by atoms with E-state index in [9.17, 15) is 4.79 Å². The number of ether oxygens (including phenoxy) is 1. The van der Waals surface area contributed by atoms with Crippen molar-refractivity contribution in [2.24, 2.45) is 0 Å². The van der Waals surface area contributed by atoms with Gasteiger partial charge in [-0.3, -0.25) is 9.36 Å². The molecule has 0 aliphatic heterocycles. The molecule has 9 nitrogen and oxygen atoms in total. The molecule has 0 saturated heterocycles. The van der Waals surface area contributed by atoms with Crippen molar-refractivity contribution in [3.05, 3.63) is 82.9 Å². The van der Waals surface area contributed by atoms with Crippen molar-refractivity contribution in [2.75, 3.05) is 6.61 Å². The highest BCUT2D eigenvalue weighted by Crippen LogP contribution is 2.22. The van der Waals surface area contributed by atoms with Gasteiger partial charge in [0.05, 0.1) is 18.5 Å². The van der Waals surface area contributed by atoms with Crippen molar-refractivity contribution >= 4 is 11.0 Å². The maximum atomic E-state index is 13.0. The summed E-state index contributed by atoms with van der Waals surface area (Å²) in [5, 5.41) is 8.80. The van der Waals surface area contributed by atoms with Gasteiger partial charge in [-0.15, -0.1) is 0 Å². The van der Waals surface area contributed by atoms with Gasteiger partial charge in [-0.2, -0.15) is 10.1 Å². The van der Waals surface area contributed by atoms with Crippen LogP contribution < -0.4 is 10.3 Å². The molecule has 5 aromatic rings. The van der Waals surface area contributed by atoms with Gasteiger partial charge in [-0.1, -0.05) is 35.0 Å². The average molecular weight is 428 g/mol. The largest absolute Gasteiger partial charge is 0.494 e. The lowest BCUT2D eigenvalue weighted by Gasteiger charge is -2.05. The highest BCUT2D eigenvalue weighted by atomic mass is 16.5. The van der Waals surface area contributed by atoms with E-state index in [1.165, 1.54) is 17.1 Å². The lowest BCUT2D eigenvalue weighted by molar-refractivity contribution is 0.340. The third-order valence-corrected chi connectivity index (χ3v) is 5.01. The van der Waals surface area contributed by atoms with Crippen molar-refractivity contribution < 1.29 is 9.26 Å². The lowest BCUT2D eigenvalue weighted by Crippen LogP contribution is -2.21. The fourth-order valence-electron chi connectivity index (χ4n) is 3.41. The summed E-state index contributed by atoms with van der Waals surface area (Å²) in [6.07, 6.45) is 3.00. The molecule has 0 N–H and O–H groups in total. The highest BCUT2D eigenvalue weighted by molar-refractivity contribution is 5.74. The summed E-state index contributed by atoms with van der Waals surface area (Å²) < 4.78 is 14.0. The topological polar surface area (TPSA) is 101 Å². The Bertz CT molecular complexity index is 1450. The van der Waals surface area contributed by atoms with E-state index < -0.39 is 0 Å². The molecule has 0 spiro atoms. The molecular formula is C23H20N6O3. The standard InChI is InChI=1S/C23H20N6O3/c1-3-31-18-6-4-5-16(11-18)21-26-20(32-27-21)13-28-14-24-22-19(23(28)30)12-25-29(22)17-9-7-15(2)8-10-17/h4-12,14H,3,13H2,1-2H3. The Hall–Kier alpha value is -4.27. The SMILES string of the molecule is CCOc1cccc(-c2noc(Cn3cnc4c(cnn4-c4ccc(C)cc4)c3=O)n2)c1. The molecule has 32 heavy (non-hydrogen) atoms. The maximum Gasteiger partial charge on any atom is 0.264 e. The molecule has 0 aliphatic rings. The first kappa shape index (κ1) is 19.7. The van der Waals surface area contributed by atoms with Crippen LogP contribution in [-0.4, -0.2) is 36.1 Å². The van der Waals surface area contributed by atoms with Crippen molar-refractivity contribution in [1.29, 1.82) is 0 Å². The average Bonchev–Trinajstić information content (AvgIpc) is 3.45. The second-order valence-corrected chi connectivity index (χ2v) is 7.28. The molecule has 0 atom stereocenters. The molecule has 0 aliphatic carbocycles. The number of fused-ring (bicyclic) bond motifs is 1. The molecule has 3 aromatic heterocycles. The third kappa shape index (κ3) is 3.64. The number of hydrogen-bond acceptors (Lipinski definition) is 7. The zero-order valence-corrected chi connectivity index (χ0v) is 17.6. The normalized spacial score (nSPS) is 11.2. The minimum Gasteiger partial charge on any atom is -0.494 e. The number of nitrogens with zero attached hydrogens (tertiary/aromatic N) is 6. The fourth-order valence-corrected chi connectivity index (χ4v) is 3.41. The van der Waals surface area contributed by atoms with E-state index in [4.69, 9.17) is 9.26 Å². The van der Waals surface area contributed by atoms with Crippen molar-refractivity contribution in [3.63, 3.8) is 0 Å². The predicted octanol–water partition coefficient (Wildman–Crippen LogP) is 3.39. The van der Waals surface area contributed by atoms with Gasteiger partial charge in [0.25, 0.3) is 5.56 Å². The van der Waals surface area contributed by atoms with E-state index in [0.29, 0.717) is 29.4 Å². The number of aryl methyl sites for hydroxylation is 1. The van der Waals surface area contributed by atoms with Gasteiger partial charge in [0.15, 0.2) is 5.65 Å². The maximum absolute atomic E-state index is 13.0. The molecule has 9 heteroatoms. The fraction of sp³-hybridized carbons (Fsp3) is 0.174. The van der Waals surface area contributed by atoms with E-state index in [1.807, 2.05) is 62.4 Å². The summed E-state index contributed by atoms with van der Waals surface area (Å²) in [6, 6.07) is 15.3. The summed E-state index contributed by atoms with van der Waals surface area (Å²) in [5.41, 5.74) is 3.02. The molecule has 2 aromatic carbocycles. The molecule has 0 amide bonds. The molecule has 0 saturated carbocycles. The predicted molar refractivity (Wildman–Crippen MR) is 118 cm³/mol. The first-order valence-corrected chi connectivity index (χ1v) is 10.2. The van der Waals surface area contributed by atoms with Gasteiger partial charge in [-0.25, -0.2) is 9.67 Å². The van der Waals surface area contributed by atoms with Gasteiger partial charge in [0.2, 0.25) is 11.7 Å². The van der Waals surface area contributed by atoms with Crippen LogP contribution in [0.5, 0.6) is 5.75 Å². The van der Waals surface area contributed by atoms with Gasteiger partial charge in [-0.05, 0) is 38.1 Å². The van der Waals surface area contributed by atoms with Crippen LogP contribution in [0.15, 0.2) is 70.4 Å². The Kier molecular flexibility index (Phi) is 4.98. The van der Waals surface area contributed by atoms with Crippen LogP contribution in [0, 0.1) is 6.92 Å². The Balaban J connectivity index is 1.43. The number of rotatable bonds is 6. The van der Waals surface area contributed by atoms with Crippen molar-refractivity contribution in [3.8, 4) is 22.8 Å². The van der Waals surface area contributed by atoms with Crippen molar-refractivity contribution in [2.45, 2.75) is 20.4 Å². The van der Waals surface area contributed by atoms with Crippen LogP contribution in [0.2, 0.25) is 0 Å². The Labute approximate surface area is 182 Å². The zero-order chi connectivity index (χ0) is 22.1. The minimum absolute atomic E-state index is 0.107. The summed E-state index contributed by atoms with van der Waals surface area (Å²) in [5.74, 6) is 1.46. The highest BCUT2D eigenvalue weighted by Gasteiger charge is 2.15. The van der Waals surface area contributed by atoms with E-state index in [2.05, 4.69) is 20.2 Å². The van der Waals surface area contributed by atoms with Crippen LogP contribution in [-0.2, 0) is 6.54 Å². The van der Waals surface area contributed by atoms with Crippen LogP contribution in [0.1, 0.15) is 18.4 Å². The van der Waals surface area contributed by atoms with Gasteiger partial charge in [0, 0.05) is 5.56 Å². The summed E-state index contributed by atoms with van der Waals surface area (Å²) in [6.45, 7) is 4.61. The molecule has 3 heterocycles. The second kappa shape index (κ2) is 8.10. The van der Waals surface area contributed by atoms with Crippen LogP contribution in [0.3, 0.4) is 0 Å². The van der Waals surface area contributed by atoms with Crippen LogP contribution in [0.25, 0.3) is 28.1 Å². The van der Waals surface area contributed by atoms with E-state index in [1.54, 1.807) is 4.68 Å². The summed E-state index contributed by atoms with van der Waals surface area (Å²) in [4.78, 5) is 21.9. The van der Waals surface area contributed by atoms with Gasteiger partial charge < -0.3 is 9.26 Å². The van der Waals surface area contributed by atoms with Gasteiger partial charge >= 0.3 is 0 Å². The zero-order valence-electron chi connectivity index (χ0n) is 17.6. The molecular weight excluding hydrogens is 408 g/mol. The van der Waals surface area contributed by atoms with Crippen LogP contribution in [0.4, 0.5) is 0 Å². The monoisotopic (exact) mass is 428 g/mol. The molecule has 0 radical (unpaired) electrons. The first-order valence-electron chi connectivity index (χ1n) is 10.2. The lowest BCUT2D eigenvalue weighted by atomic mass is 10.2. The Morgan fingerprint density at radius 2 is 1.97 bits per heavy atom. The Morgan fingerprint density at radius 1 is 1.12 bits per heavy atom. The summed E-state index contributed by atoms with van der Waals surface area (Å²) >= 11 is 0. The number of hydrogen-bond donors (Lipinski definition) is 0. The molecule has 0 unspecified atom stereocenters. The molecule has 160 valence electrons. The second-order valence-electron chi connectivity index (χ2n) is 7.28. The quantitative estimate of drug-likeness (QED) is 0.409. The van der Waals surface area contributed by atoms with E-state index in [0.717, 1.165) is 22.6 Å². The number of aromatic nitrogens is 6. The molecule has 0 fully saturated rings. The Morgan fingerprint density at radius 3 is 2.78 bits per heavy atom. The van der Waals surface area contributed by atoms with Crippen LogP contribution >= 0.6 is 0 Å². The molecule has 0 bridgehead atoms. The number of benzene rings is 2. The van der Waals surface area contributed by atoms with Crippen molar-refractivity contribution in [1.82, 2.24) is 29.5 Å². The smallest absolute Gasteiger partial charge is 0.264 e. The minimum atomic E-state index is -0.230. The van der Waals surface area contributed by atoms with Gasteiger partial charge in [0.1, 0.15) is 24.0 Å². The summed E-state index contributed by atoms with van der Waals surface area (Å²) in [7, 11) is 0. The third-order valence-electron chi connectivity index (χ3n) is 5.01. The molecule has 5 rings (SSSR count). The van der Waals surface area contributed by atoms with E-state index >= 15 is 0 Å². The van der Waals surface area contributed by atoms with E-state index in [-0.39, 0.29) is 12.1 Å².